The molecule has 0 radical (unpaired) electrons. The summed E-state index contributed by atoms with van der Waals surface area (Å²) in [5.41, 5.74) is -0.679. The van der Waals surface area contributed by atoms with Gasteiger partial charge in [0.1, 0.15) is 0 Å². The van der Waals surface area contributed by atoms with E-state index >= 15 is 0 Å². The van der Waals surface area contributed by atoms with Gasteiger partial charge in [0.05, 0.1) is 5.60 Å². The van der Waals surface area contributed by atoms with Gasteiger partial charge in [0, 0.05) is 32.1 Å². The van der Waals surface area contributed by atoms with Crippen molar-refractivity contribution >= 4 is 5.91 Å². The van der Waals surface area contributed by atoms with E-state index < -0.39 is 5.60 Å². The molecule has 1 saturated heterocycles. The second-order valence-corrected chi connectivity index (χ2v) is 4.92. The fourth-order valence-corrected chi connectivity index (χ4v) is 1.78. The topological polar surface area (TPSA) is 52.6 Å². The normalized spacial score (nSPS) is 26.3. The molecule has 1 aliphatic heterocycles. The largest absolute Gasteiger partial charge is 0.388 e. The minimum Gasteiger partial charge on any atom is -0.388 e. The van der Waals surface area contributed by atoms with Crippen molar-refractivity contribution in [1.29, 1.82) is 0 Å². The van der Waals surface area contributed by atoms with Gasteiger partial charge in [-0.25, -0.2) is 0 Å². The summed E-state index contributed by atoms with van der Waals surface area (Å²) in [5.74, 6) is 0.140. The van der Waals surface area contributed by atoms with Crippen LogP contribution in [0, 0.1) is 0 Å². The first kappa shape index (κ1) is 12.5. The number of carbonyl (C=O) groups excluding carboxylic acids is 1. The van der Waals surface area contributed by atoms with Crippen LogP contribution in [-0.2, 0) is 4.79 Å². The summed E-state index contributed by atoms with van der Waals surface area (Å²) in [6.45, 7) is 7.79. The Balaban J connectivity index is 2.24. The van der Waals surface area contributed by atoms with E-state index in [2.05, 4.69) is 19.2 Å². The van der Waals surface area contributed by atoms with E-state index in [1.807, 2.05) is 0 Å². The number of β-amino-alcohol motifs (C(OH)–C–C–N with tert-alkyl or cyclic N) is 1. The molecular weight excluding hydrogens is 192 g/mol. The van der Waals surface area contributed by atoms with Crippen LogP contribution >= 0.6 is 0 Å². The summed E-state index contributed by atoms with van der Waals surface area (Å²) in [6, 6.07) is 0.416. The van der Waals surface area contributed by atoms with Crippen molar-refractivity contribution in [2.24, 2.45) is 0 Å². The fourth-order valence-electron chi connectivity index (χ4n) is 1.78. The van der Waals surface area contributed by atoms with E-state index in [-0.39, 0.29) is 5.91 Å². The number of likely N-dealkylation sites (tertiary alicyclic amines) is 1. The molecule has 88 valence electrons. The van der Waals surface area contributed by atoms with Gasteiger partial charge >= 0.3 is 0 Å². The van der Waals surface area contributed by atoms with E-state index in [0.29, 0.717) is 32.0 Å². The third kappa shape index (κ3) is 4.18. The van der Waals surface area contributed by atoms with E-state index in [0.717, 1.165) is 6.54 Å². The summed E-state index contributed by atoms with van der Waals surface area (Å²) >= 11 is 0. The molecule has 1 atom stereocenters. The molecule has 2 N–H and O–H groups in total. The predicted octanol–water partition coefficient (Wildman–Crippen LogP) is 0.358. The molecule has 1 aliphatic rings. The zero-order valence-corrected chi connectivity index (χ0v) is 9.92. The monoisotopic (exact) mass is 214 g/mol. The van der Waals surface area contributed by atoms with Gasteiger partial charge in [-0.15, -0.1) is 0 Å². The van der Waals surface area contributed by atoms with Crippen LogP contribution < -0.4 is 5.32 Å². The Morgan fingerprint density at radius 1 is 1.60 bits per heavy atom. The lowest BCUT2D eigenvalue weighted by molar-refractivity contribution is -0.130. The molecule has 1 amide bonds. The van der Waals surface area contributed by atoms with E-state index in [1.54, 1.807) is 11.8 Å². The minimum atomic E-state index is -0.679. The Labute approximate surface area is 91.6 Å². The number of amides is 1. The molecule has 4 nitrogen and oxygen atoms in total. The zero-order chi connectivity index (χ0) is 11.5. The number of rotatable bonds is 4. The lowest BCUT2D eigenvalue weighted by Crippen LogP contribution is -2.36. The standard InChI is InChI=1S/C11H22N2O2/c1-9(2)12-6-4-10(14)13-7-5-11(3,15)8-13/h9,12,15H,4-8H2,1-3H3. The Bertz CT molecular complexity index is 227. The molecule has 0 aromatic carbocycles. The minimum absolute atomic E-state index is 0.140. The smallest absolute Gasteiger partial charge is 0.223 e. The van der Waals surface area contributed by atoms with Crippen LogP contribution in [-0.4, -0.2) is 47.2 Å². The number of aliphatic hydroxyl groups is 1. The van der Waals surface area contributed by atoms with Crippen molar-refractivity contribution in [3.05, 3.63) is 0 Å². The SMILES string of the molecule is CC(C)NCCC(=O)N1CCC(C)(O)C1. The Morgan fingerprint density at radius 3 is 2.73 bits per heavy atom. The molecule has 1 heterocycles. The van der Waals surface area contributed by atoms with Gasteiger partial charge < -0.3 is 15.3 Å². The van der Waals surface area contributed by atoms with Crippen LogP contribution in [0.25, 0.3) is 0 Å². The lowest BCUT2D eigenvalue weighted by Gasteiger charge is -2.19. The summed E-state index contributed by atoms with van der Waals surface area (Å²) in [5, 5.41) is 12.9. The van der Waals surface area contributed by atoms with Gasteiger partial charge in [0.2, 0.25) is 5.91 Å². The number of carbonyl (C=O) groups is 1. The van der Waals surface area contributed by atoms with Crippen LogP contribution in [0.5, 0.6) is 0 Å². The number of hydrogen-bond acceptors (Lipinski definition) is 3. The highest BCUT2D eigenvalue weighted by Gasteiger charge is 2.33. The van der Waals surface area contributed by atoms with Crippen molar-refractivity contribution in [1.82, 2.24) is 10.2 Å². The van der Waals surface area contributed by atoms with Crippen LogP contribution in [0.3, 0.4) is 0 Å². The Morgan fingerprint density at radius 2 is 2.27 bits per heavy atom. The molecule has 0 aromatic rings. The number of hydrogen-bond donors (Lipinski definition) is 2. The van der Waals surface area contributed by atoms with Crippen LogP contribution in [0.2, 0.25) is 0 Å². The third-order valence-corrected chi connectivity index (χ3v) is 2.70. The first-order valence-electron chi connectivity index (χ1n) is 5.64. The highest BCUT2D eigenvalue weighted by molar-refractivity contribution is 5.76. The lowest BCUT2D eigenvalue weighted by atomic mass is 10.1. The van der Waals surface area contributed by atoms with Gasteiger partial charge in [0.25, 0.3) is 0 Å². The summed E-state index contributed by atoms with van der Waals surface area (Å²) in [7, 11) is 0. The quantitative estimate of drug-likeness (QED) is 0.710. The number of nitrogens with one attached hydrogen (secondary N) is 1. The molecule has 1 rings (SSSR count). The Hall–Kier alpha value is -0.610. The van der Waals surface area contributed by atoms with E-state index in [1.165, 1.54) is 0 Å². The van der Waals surface area contributed by atoms with Gasteiger partial charge in [0.15, 0.2) is 0 Å². The zero-order valence-electron chi connectivity index (χ0n) is 9.92. The van der Waals surface area contributed by atoms with Crippen molar-refractivity contribution in [2.45, 2.75) is 45.3 Å². The molecule has 0 aromatic heterocycles. The molecular formula is C11H22N2O2. The third-order valence-electron chi connectivity index (χ3n) is 2.70. The van der Waals surface area contributed by atoms with E-state index in [9.17, 15) is 9.90 Å². The second kappa shape index (κ2) is 4.94. The summed E-state index contributed by atoms with van der Waals surface area (Å²) in [6.07, 6.45) is 1.21. The van der Waals surface area contributed by atoms with Crippen molar-refractivity contribution in [3.8, 4) is 0 Å². The second-order valence-electron chi connectivity index (χ2n) is 4.92. The van der Waals surface area contributed by atoms with Crippen LogP contribution in [0.4, 0.5) is 0 Å². The average Bonchev–Trinajstić information content (AvgIpc) is 2.45. The maximum Gasteiger partial charge on any atom is 0.223 e. The van der Waals surface area contributed by atoms with E-state index in [4.69, 9.17) is 0 Å². The predicted molar refractivity (Wildman–Crippen MR) is 59.6 cm³/mol. The molecule has 1 unspecified atom stereocenters. The van der Waals surface area contributed by atoms with Gasteiger partial charge in [-0.3, -0.25) is 4.79 Å². The molecule has 0 bridgehead atoms. The molecule has 0 spiro atoms. The highest BCUT2D eigenvalue weighted by Crippen LogP contribution is 2.20. The van der Waals surface area contributed by atoms with Crippen molar-refractivity contribution in [3.63, 3.8) is 0 Å². The van der Waals surface area contributed by atoms with Gasteiger partial charge in [-0.2, -0.15) is 0 Å². The van der Waals surface area contributed by atoms with Crippen LogP contribution in [0.1, 0.15) is 33.6 Å². The maximum atomic E-state index is 11.7. The van der Waals surface area contributed by atoms with Gasteiger partial charge in [-0.1, -0.05) is 13.8 Å². The van der Waals surface area contributed by atoms with Crippen molar-refractivity contribution in [2.75, 3.05) is 19.6 Å². The molecule has 15 heavy (non-hydrogen) atoms. The molecule has 0 saturated carbocycles. The molecule has 1 fully saturated rings. The fraction of sp³-hybridized carbons (Fsp3) is 0.909. The molecule has 0 aliphatic carbocycles. The summed E-state index contributed by atoms with van der Waals surface area (Å²) < 4.78 is 0. The first-order valence-corrected chi connectivity index (χ1v) is 5.64. The van der Waals surface area contributed by atoms with Crippen LogP contribution in [0.15, 0.2) is 0 Å². The van der Waals surface area contributed by atoms with Crippen molar-refractivity contribution < 1.29 is 9.90 Å². The average molecular weight is 214 g/mol. The number of nitrogens with zero attached hydrogens (tertiary/aromatic N) is 1. The molecule has 4 heteroatoms. The first-order chi connectivity index (χ1) is 6.91. The van der Waals surface area contributed by atoms with Gasteiger partial charge in [-0.05, 0) is 13.3 Å². The summed E-state index contributed by atoms with van der Waals surface area (Å²) in [4.78, 5) is 13.4. The highest BCUT2D eigenvalue weighted by atomic mass is 16.3. The Kier molecular flexibility index (Phi) is 4.11. The maximum absolute atomic E-state index is 11.7.